The van der Waals surface area contributed by atoms with Crippen molar-refractivity contribution < 1.29 is 34.0 Å². The number of nitrogens with one attached hydrogen (secondary N) is 1. The Morgan fingerprint density at radius 3 is 1.82 bits per heavy atom. The fraction of sp³-hybridized carbons (Fsp3) is 0. The minimum atomic E-state index is -4.74. The summed E-state index contributed by atoms with van der Waals surface area (Å²) in [5, 5.41) is 0.288. The van der Waals surface area contributed by atoms with Gasteiger partial charge in [-0.3, -0.25) is 9.27 Å². The van der Waals surface area contributed by atoms with Crippen LogP contribution >= 0.6 is 0 Å². The second kappa shape index (κ2) is 8.72. The van der Waals surface area contributed by atoms with Crippen LogP contribution in [0.15, 0.2) is 106 Å². The molecule has 4 rings (SSSR count). The number of benzene rings is 4. The molecule has 0 radical (unpaired) electrons. The third-order valence-electron chi connectivity index (χ3n) is 4.72. The lowest BCUT2D eigenvalue weighted by molar-refractivity contribution is 0.477. The van der Waals surface area contributed by atoms with Crippen LogP contribution in [0.5, 0.6) is 5.75 Å². The van der Waals surface area contributed by atoms with Gasteiger partial charge >= 0.3 is 10.1 Å². The largest absolute Gasteiger partial charge is 0.378 e. The summed E-state index contributed by atoms with van der Waals surface area (Å²) < 4.78 is 91.4. The van der Waals surface area contributed by atoms with Crippen molar-refractivity contribution in [3.63, 3.8) is 0 Å². The minimum absolute atomic E-state index is 0.0137. The predicted octanol–water partition coefficient (Wildman–Crippen LogP) is 3.66. The first-order chi connectivity index (χ1) is 16.0. The molecule has 12 heteroatoms. The first kappa shape index (κ1) is 23.7. The molecule has 0 bridgehead atoms. The number of hydrogen-bond donors (Lipinski definition) is 2. The molecule has 0 aliphatic heterocycles. The Hall–Kier alpha value is -3.45. The van der Waals surface area contributed by atoms with Gasteiger partial charge in [-0.05, 0) is 53.9 Å². The Morgan fingerprint density at radius 2 is 1.24 bits per heavy atom. The molecule has 0 saturated carbocycles. The average Bonchev–Trinajstić information content (AvgIpc) is 2.79. The highest BCUT2D eigenvalue weighted by atomic mass is 32.2. The summed E-state index contributed by atoms with van der Waals surface area (Å²) in [6.07, 6.45) is 0. The summed E-state index contributed by atoms with van der Waals surface area (Å²) >= 11 is 0. The molecule has 9 nitrogen and oxygen atoms in total. The Bertz CT molecular complexity index is 1690. The molecular formula is C22H17NO8S3. The number of anilines is 1. The van der Waals surface area contributed by atoms with E-state index in [1.165, 1.54) is 54.6 Å². The molecule has 0 aromatic heterocycles. The van der Waals surface area contributed by atoms with Crippen molar-refractivity contribution in [1.29, 1.82) is 0 Å². The summed E-state index contributed by atoms with van der Waals surface area (Å²) in [6, 6.07) is 20.8. The first-order valence-electron chi connectivity index (χ1n) is 9.58. The smallest absolute Gasteiger partial charge is 0.339 e. The normalized spacial score (nSPS) is 12.4. The highest BCUT2D eigenvalue weighted by molar-refractivity contribution is 7.92. The van der Waals surface area contributed by atoms with Crippen LogP contribution in [0.3, 0.4) is 0 Å². The van der Waals surface area contributed by atoms with Gasteiger partial charge in [0, 0.05) is 17.1 Å². The van der Waals surface area contributed by atoms with E-state index < -0.39 is 35.2 Å². The van der Waals surface area contributed by atoms with Crippen molar-refractivity contribution in [2.75, 3.05) is 4.72 Å². The van der Waals surface area contributed by atoms with Crippen LogP contribution in [0.25, 0.3) is 10.8 Å². The van der Waals surface area contributed by atoms with Gasteiger partial charge in [-0.25, -0.2) is 8.42 Å². The average molecular weight is 520 g/mol. The molecule has 0 saturated heterocycles. The Labute approximate surface area is 196 Å². The standard InChI is InChI=1S/C22H17NO8S3/c24-32(25,18-7-3-1-4-8-18)23-17-11-12-21-16(13-17)14-20(33(26,27)28)15-22(21)31-34(29,30)19-9-5-2-6-10-19/h1-15,23H,(H,26,27,28). The molecule has 0 fully saturated rings. The molecule has 34 heavy (non-hydrogen) atoms. The monoisotopic (exact) mass is 519 g/mol. The molecule has 0 heterocycles. The zero-order chi connectivity index (χ0) is 24.6. The third-order valence-corrected chi connectivity index (χ3v) is 8.20. The Morgan fingerprint density at radius 1 is 0.647 bits per heavy atom. The second-order valence-electron chi connectivity index (χ2n) is 7.10. The zero-order valence-corrected chi connectivity index (χ0v) is 19.6. The van der Waals surface area contributed by atoms with Crippen molar-refractivity contribution in [1.82, 2.24) is 0 Å². The van der Waals surface area contributed by atoms with Gasteiger partial charge in [0.2, 0.25) is 0 Å². The van der Waals surface area contributed by atoms with Gasteiger partial charge in [-0.15, -0.1) is 0 Å². The third kappa shape index (κ3) is 5.04. The molecule has 176 valence electrons. The van der Waals surface area contributed by atoms with E-state index in [4.69, 9.17) is 4.18 Å². The number of hydrogen-bond acceptors (Lipinski definition) is 7. The van der Waals surface area contributed by atoms with E-state index in [1.807, 2.05) is 0 Å². The highest BCUT2D eigenvalue weighted by Crippen LogP contribution is 2.34. The summed E-state index contributed by atoms with van der Waals surface area (Å²) in [4.78, 5) is -0.770. The van der Waals surface area contributed by atoms with Crippen LogP contribution in [0, 0.1) is 0 Å². The maximum atomic E-state index is 12.7. The SMILES string of the molecule is O=S(=O)(O)c1cc(OS(=O)(=O)c2ccccc2)c2ccc(NS(=O)(=O)c3ccccc3)cc2c1. The van der Waals surface area contributed by atoms with Gasteiger partial charge in [0.1, 0.15) is 4.90 Å². The molecule has 4 aromatic rings. The van der Waals surface area contributed by atoms with E-state index in [1.54, 1.807) is 24.3 Å². The Kier molecular flexibility index (Phi) is 6.08. The van der Waals surface area contributed by atoms with Crippen molar-refractivity contribution in [2.24, 2.45) is 0 Å². The van der Waals surface area contributed by atoms with Crippen LogP contribution in [-0.2, 0) is 30.3 Å². The van der Waals surface area contributed by atoms with Crippen LogP contribution in [0.2, 0.25) is 0 Å². The molecule has 0 spiro atoms. The maximum absolute atomic E-state index is 12.7. The first-order valence-corrected chi connectivity index (χ1v) is 13.9. The van der Waals surface area contributed by atoms with Crippen LogP contribution < -0.4 is 8.91 Å². The van der Waals surface area contributed by atoms with Crippen molar-refractivity contribution in [3.8, 4) is 5.75 Å². The second-order valence-corrected chi connectivity index (χ2v) is 11.8. The molecule has 0 aliphatic carbocycles. The molecule has 2 N–H and O–H groups in total. The van der Waals surface area contributed by atoms with Crippen molar-refractivity contribution >= 4 is 46.7 Å². The molecule has 0 aliphatic rings. The molecule has 4 aromatic carbocycles. The Balaban J connectivity index is 1.81. The molecule has 0 unspecified atom stereocenters. The lowest BCUT2D eigenvalue weighted by Gasteiger charge is -2.13. The van der Waals surface area contributed by atoms with E-state index in [0.717, 1.165) is 12.1 Å². The quantitative estimate of drug-likeness (QED) is 0.278. The van der Waals surface area contributed by atoms with E-state index in [9.17, 15) is 29.8 Å². The number of rotatable bonds is 7. The van der Waals surface area contributed by atoms with E-state index >= 15 is 0 Å². The lowest BCUT2D eigenvalue weighted by atomic mass is 10.1. The topological polar surface area (TPSA) is 144 Å². The van der Waals surface area contributed by atoms with E-state index in [2.05, 4.69) is 4.72 Å². The van der Waals surface area contributed by atoms with Crippen LogP contribution in [-0.4, -0.2) is 29.8 Å². The van der Waals surface area contributed by atoms with Gasteiger partial charge in [-0.1, -0.05) is 36.4 Å². The minimum Gasteiger partial charge on any atom is -0.378 e. The van der Waals surface area contributed by atoms with Crippen molar-refractivity contribution in [3.05, 3.63) is 91.0 Å². The van der Waals surface area contributed by atoms with E-state index in [-0.39, 0.29) is 32.0 Å². The molecule has 0 atom stereocenters. The van der Waals surface area contributed by atoms with Gasteiger partial charge in [-0.2, -0.15) is 16.8 Å². The summed E-state index contributed by atoms with van der Waals surface area (Å²) in [6.45, 7) is 0. The highest BCUT2D eigenvalue weighted by Gasteiger charge is 2.22. The zero-order valence-electron chi connectivity index (χ0n) is 17.2. The lowest BCUT2D eigenvalue weighted by Crippen LogP contribution is -2.13. The van der Waals surface area contributed by atoms with Gasteiger partial charge < -0.3 is 4.18 Å². The van der Waals surface area contributed by atoms with Crippen molar-refractivity contribution in [2.45, 2.75) is 14.7 Å². The maximum Gasteiger partial charge on any atom is 0.339 e. The number of sulfonamides is 1. The van der Waals surface area contributed by atoms with Crippen LogP contribution in [0.4, 0.5) is 5.69 Å². The van der Waals surface area contributed by atoms with Crippen LogP contribution in [0.1, 0.15) is 0 Å². The van der Waals surface area contributed by atoms with E-state index in [0.29, 0.717) is 0 Å². The van der Waals surface area contributed by atoms with Gasteiger partial charge in [0.05, 0.1) is 9.79 Å². The summed E-state index contributed by atoms with van der Waals surface area (Å²) in [7, 11) is -13.0. The van der Waals surface area contributed by atoms with Gasteiger partial charge in [0.15, 0.2) is 5.75 Å². The summed E-state index contributed by atoms with van der Waals surface area (Å²) in [5.41, 5.74) is 0.0840. The predicted molar refractivity (Wildman–Crippen MR) is 125 cm³/mol. The van der Waals surface area contributed by atoms with Gasteiger partial charge in [0.25, 0.3) is 20.1 Å². The molecule has 0 amide bonds. The number of fused-ring (bicyclic) bond motifs is 1. The fourth-order valence-corrected chi connectivity index (χ4v) is 5.72. The fourth-order valence-electron chi connectivity index (χ4n) is 3.16. The molecular weight excluding hydrogens is 502 g/mol. The summed E-state index contributed by atoms with van der Waals surface area (Å²) in [5.74, 6) is -0.355.